The van der Waals surface area contributed by atoms with E-state index in [1.807, 2.05) is 0 Å². The van der Waals surface area contributed by atoms with Crippen molar-refractivity contribution in [3.8, 4) is 0 Å². The van der Waals surface area contributed by atoms with Gasteiger partial charge in [-0.25, -0.2) is 4.98 Å². The first-order chi connectivity index (χ1) is 9.86. The van der Waals surface area contributed by atoms with Gasteiger partial charge in [-0.05, 0) is 29.8 Å². The van der Waals surface area contributed by atoms with Gasteiger partial charge in [0.05, 0.1) is 5.56 Å². The molecule has 3 nitrogen and oxygen atoms in total. The minimum atomic E-state index is -4.41. The Labute approximate surface area is 123 Å². The predicted molar refractivity (Wildman–Crippen MR) is 71.9 cm³/mol. The van der Waals surface area contributed by atoms with E-state index in [4.69, 9.17) is 11.6 Å². The number of carbonyl (C=O) groups excluding carboxylic acids is 1. The Balaban J connectivity index is 2.05. The molecule has 110 valence electrons. The minimum absolute atomic E-state index is 0.0308. The molecule has 1 heterocycles. The molecule has 0 unspecified atom stereocenters. The van der Waals surface area contributed by atoms with Crippen molar-refractivity contribution in [3.63, 3.8) is 0 Å². The van der Waals surface area contributed by atoms with E-state index < -0.39 is 17.6 Å². The first-order valence-corrected chi connectivity index (χ1v) is 6.31. The van der Waals surface area contributed by atoms with E-state index in [0.717, 1.165) is 12.1 Å². The van der Waals surface area contributed by atoms with Crippen LogP contribution in [0, 0.1) is 0 Å². The van der Waals surface area contributed by atoms with E-state index >= 15 is 0 Å². The Hall–Kier alpha value is -2.08. The summed E-state index contributed by atoms with van der Waals surface area (Å²) in [6.07, 6.45) is -4.41. The number of alkyl halides is 3. The molecule has 0 saturated heterocycles. The van der Waals surface area contributed by atoms with Crippen molar-refractivity contribution < 1.29 is 18.0 Å². The van der Waals surface area contributed by atoms with Crippen molar-refractivity contribution in [1.82, 2.24) is 10.3 Å². The zero-order chi connectivity index (χ0) is 15.5. The fourth-order valence-electron chi connectivity index (χ4n) is 1.67. The molecular weight excluding hydrogens is 305 g/mol. The maximum absolute atomic E-state index is 12.6. The fraction of sp³-hybridized carbons (Fsp3) is 0.143. The molecule has 0 atom stereocenters. The van der Waals surface area contributed by atoms with Crippen molar-refractivity contribution in [3.05, 3.63) is 64.4 Å². The van der Waals surface area contributed by atoms with Crippen LogP contribution >= 0.6 is 11.6 Å². The van der Waals surface area contributed by atoms with Crippen LogP contribution in [-0.2, 0) is 12.7 Å². The summed E-state index contributed by atoms with van der Waals surface area (Å²) in [5.41, 5.74) is -0.301. The molecule has 1 amide bonds. The van der Waals surface area contributed by atoms with Crippen LogP contribution in [-0.4, -0.2) is 10.9 Å². The molecule has 0 aliphatic rings. The molecule has 2 aromatic rings. The summed E-state index contributed by atoms with van der Waals surface area (Å²) in [6.45, 7) is -0.0308. The van der Waals surface area contributed by atoms with E-state index in [1.165, 1.54) is 24.3 Å². The highest BCUT2D eigenvalue weighted by Gasteiger charge is 2.30. The maximum atomic E-state index is 12.6. The molecule has 0 saturated carbocycles. The Morgan fingerprint density at radius 2 is 1.90 bits per heavy atom. The molecule has 1 aromatic carbocycles. The average Bonchev–Trinajstić information content (AvgIpc) is 2.44. The van der Waals surface area contributed by atoms with Crippen LogP contribution in [0.3, 0.4) is 0 Å². The van der Waals surface area contributed by atoms with Gasteiger partial charge in [-0.2, -0.15) is 13.2 Å². The summed E-state index contributed by atoms with van der Waals surface area (Å²) >= 11 is 5.66. The van der Waals surface area contributed by atoms with E-state index in [1.54, 1.807) is 6.07 Å². The molecule has 1 N–H and O–H groups in total. The molecule has 0 aliphatic heterocycles. The summed E-state index contributed by atoms with van der Waals surface area (Å²) in [7, 11) is 0. The average molecular weight is 315 g/mol. The Bertz CT molecular complexity index is 659. The molecule has 0 radical (unpaired) electrons. The second-order valence-electron chi connectivity index (χ2n) is 4.23. The van der Waals surface area contributed by atoms with Gasteiger partial charge < -0.3 is 5.32 Å². The van der Waals surface area contributed by atoms with Crippen LogP contribution in [0.1, 0.15) is 21.6 Å². The number of amides is 1. The zero-order valence-electron chi connectivity index (χ0n) is 10.6. The van der Waals surface area contributed by atoms with E-state index in [0.29, 0.717) is 5.56 Å². The van der Waals surface area contributed by atoms with Gasteiger partial charge in [-0.1, -0.05) is 29.8 Å². The minimum Gasteiger partial charge on any atom is -0.347 e. The third kappa shape index (κ3) is 4.19. The van der Waals surface area contributed by atoms with Crippen molar-refractivity contribution in [1.29, 1.82) is 0 Å². The van der Waals surface area contributed by atoms with Crippen LogP contribution in [0.4, 0.5) is 13.2 Å². The van der Waals surface area contributed by atoms with E-state index in [-0.39, 0.29) is 17.4 Å². The summed E-state index contributed by atoms with van der Waals surface area (Å²) in [4.78, 5) is 15.6. The van der Waals surface area contributed by atoms with Gasteiger partial charge in [0.2, 0.25) is 0 Å². The van der Waals surface area contributed by atoms with Crippen LogP contribution in [0.25, 0.3) is 0 Å². The fourth-order valence-corrected chi connectivity index (χ4v) is 1.83. The molecule has 7 heteroatoms. The SMILES string of the molecule is O=C(NCc1cccc(C(F)(F)F)c1)c1cccc(Cl)n1. The number of hydrogen-bond donors (Lipinski definition) is 1. The molecule has 0 aliphatic carbocycles. The standard InChI is InChI=1S/C14H10ClF3N2O/c15-12-6-2-5-11(20-12)13(21)19-8-9-3-1-4-10(7-9)14(16,17)18/h1-7H,8H2,(H,19,21). The summed E-state index contributed by atoms with van der Waals surface area (Å²) in [6, 6.07) is 9.31. The predicted octanol–water partition coefficient (Wildman–Crippen LogP) is 3.68. The lowest BCUT2D eigenvalue weighted by molar-refractivity contribution is -0.137. The summed E-state index contributed by atoms with van der Waals surface area (Å²) < 4.78 is 37.7. The molecule has 2 rings (SSSR count). The zero-order valence-corrected chi connectivity index (χ0v) is 11.4. The van der Waals surface area contributed by atoms with Crippen LogP contribution in [0.2, 0.25) is 5.15 Å². The smallest absolute Gasteiger partial charge is 0.347 e. The van der Waals surface area contributed by atoms with Gasteiger partial charge in [-0.3, -0.25) is 4.79 Å². The van der Waals surface area contributed by atoms with Gasteiger partial charge in [0.15, 0.2) is 0 Å². The number of rotatable bonds is 3. The number of carbonyl (C=O) groups is 1. The Morgan fingerprint density at radius 3 is 2.57 bits per heavy atom. The van der Waals surface area contributed by atoms with Crippen molar-refractivity contribution in [2.45, 2.75) is 12.7 Å². The Morgan fingerprint density at radius 1 is 1.19 bits per heavy atom. The number of benzene rings is 1. The molecule has 0 fully saturated rings. The van der Waals surface area contributed by atoms with Gasteiger partial charge in [-0.15, -0.1) is 0 Å². The first-order valence-electron chi connectivity index (χ1n) is 5.93. The number of nitrogens with one attached hydrogen (secondary N) is 1. The number of hydrogen-bond acceptors (Lipinski definition) is 2. The first kappa shape index (κ1) is 15.3. The largest absolute Gasteiger partial charge is 0.416 e. The molecule has 0 spiro atoms. The van der Waals surface area contributed by atoms with E-state index in [2.05, 4.69) is 10.3 Å². The maximum Gasteiger partial charge on any atom is 0.416 e. The molecular formula is C14H10ClF3N2O. The monoisotopic (exact) mass is 314 g/mol. The number of aromatic nitrogens is 1. The highest BCUT2D eigenvalue weighted by Crippen LogP contribution is 2.29. The van der Waals surface area contributed by atoms with Gasteiger partial charge in [0, 0.05) is 6.54 Å². The number of nitrogens with zero attached hydrogens (tertiary/aromatic N) is 1. The Kier molecular flexibility index (Phi) is 4.47. The van der Waals surface area contributed by atoms with Gasteiger partial charge in [0.25, 0.3) is 5.91 Å². The van der Waals surface area contributed by atoms with Crippen LogP contribution in [0.15, 0.2) is 42.5 Å². The van der Waals surface area contributed by atoms with Crippen molar-refractivity contribution >= 4 is 17.5 Å². The molecule has 1 aromatic heterocycles. The highest BCUT2D eigenvalue weighted by atomic mass is 35.5. The van der Waals surface area contributed by atoms with E-state index in [9.17, 15) is 18.0 Å². The van der Waals surface area contributed by atoms with Gasteiger partial charge >= 0.3 is 6.18 Å². The lowest BCUT2D eigenvalue weighted by Gasteiger charge is -2.09. The summed E-state index contributed by atoms with van der Waals surface area (Å²) in [5.74, 6) is -0.505. The second kappa shape index (κ2) is 6.13. The van der Waals surface area contributed by atoms with Gasteiger partial charge in [0.1, 0.15) is 10.8 Å². The van der Waals surface area contributed by atoms with Crippen LogP contribution < -0.4 is 5.32 Å². The normalized spacial score (nSPS) is 11.2. The van der Waals surface area contributed by atoms with Crippen LogP contribution in [0.5, 0.6) is 0 Å². The number of pyridine rings is 1. The highest BCUT2D eigenvalue weighted by molar-refractivity contribution is 6.29. The topological polar surface area (TPSA) is 42.0 Å². The lowest BCUT2D eigenvalue weighted by atomic mass is 10.1. The van der Waals surface area contributed by atoms with Crippen molar-refractivity contribution in [2.24, 2.45) is 0 Å². The number of halogens is 4. The second-order valence-corrected chi connectivity index (χ2v) is 4.61. The van der Waals surface area contributed by atoms with Crippen molar-refractivity contribution in [2.75, 3.05) is 0 Å². The lowest BCUT2D eigenvalue weighted by Crippen LogP contribution is -2.24. The molecule has 0 bridgehead atoms. The third-order valence-electron chi connectivity index (χ3n) is 2.66. The molecule has 21 heavy (non-hydrogen) atoms. The third-order valence-corrected chi connectivity index (χ3v) is 2.87. The summed E-state index contributed by atoms with van der Waals surface area (Å²) in [5, 5.41) is 2.66. The quantitative estimate of drug-likeness (QED) is 0.878.